The SMILES string of the molecule is C=C1C[C@H](O)[C@@H]2[C@H](OC(=O)[C@H]2CSc2ccccc2OC)[C@H]2[C@H](C)C(=O)C[C@@H]12. The highest BCUT2D eigenvalue weighted by molar-refractivity contribution is 7.99. The smallest absolute Gasteiger partial charge is 0.310 e. The molecule has 5 nitrogen and oxygen atoms in total. The molecule has 0 aromatic heterocycles. The van der Waals surface area contributed by atoms with Crippen LogP contribution in [0.25, 0.3) is 0 Å². The quantitative estimate of drug-likeness (QED) is 0.474. The van der Waals surface area contributed by atoms with E-state index in [1.54, 1.807) is 7.11 Å². The van der Waals surface area contributed by atoms with Crippen molar-refractivity contribution in [3.05, 3.63) is 36.4 Å². The van der Waals surface area contributed by atoms with Crippen molar-refractivity contribution >= 4 is 23.5 Å². The van der Waals surface area contributed by atoms with Crippen molar-refractivity contribution in [2.24, 2.45) is 29.6 Å². The van der Waals surface area contributed by atoms with Crippen LogP contribution in [0.2, 0.25) is 0 Å². The summed E-state index contributed by atoms with van der Waals surface area (Å²) < 4.78 is 11.2. The largest absolute Gasteiger partial charge is 0.496 e. The van der Waals surface area contributed by atoms with Gasteiger partial charge in [0.25, 0.3) is 0 Å². The van der Waals surface area contributed by atoms with Crippen molar-refractivity contribution in [1.82, 2.24) is 0 Å². The number of ether oxygens (including phenoxy) is 2. The van der Waals surface area contributed by atoms with E-state index < -0.39 is 18.1 Å². The van der Waals surface area contributed by atoms with E-state index in [1.807, 2.05) is 31.2 Å². The van der Waals surface area contributed by atoms with Gasteiger partial charge in [-0.25, -0.2) is 0 Å². The summed E-state index contributed by atoms with van der Waals surface area (Å²) in [5.74, 6) is 0.229. The van der Waals surface area contributed by atoms with Gasteiger partial charge in [-0.1, -0.05) is 31.2 Å². The number of hydrogen-bond donors (Lipinski definition) is 1. The summed E-state index contributed by atoms with van der Waals surface area (Å²) in [4.78, 5) is 26.1. The van der Waals surface area contributed by atoms with Gasteiger partial charge in [-0.15, -0.1) is 11.8 Å². The van der Waals surface area contributed by atoms with E-state index in [1.165, 1.54) is 11.8 Å². The van der Waals surface area contributed by atoms with Crippen LogP contribution < -0.4 is 4.74 Å². The number of hydrogen-bond acceptors (Lipinski definition) is 6. The van der Waals surface area contributed by atoms with Gasteiger partial charge >= 0.3 is 5.97 Å². The van der Waals surface area contributed by atoms with Crippen molar-refractivity contribution in [3.63, 3.8) is 0 Å². The maximum Gasteiger partial charge on any atom is 0.310 e. The Bertz CT molecular complexity index is 806. The molecule has 1 aromatic rings. The van der Waals surface area contributed by atoms with E-state index in [9.17, 15) is 14.7 Å². The number of fused-ring (bicyclic) bond motifs is 3. The van der Waals surface area contributed by atoms with Gasteiger partial charge in [0.05, 0.1) is 19.1 Å². The zero-order valence-electron chi connectivity index (χ0n) is 16.2. The number of esters is 1. The molecule has 0 amide bonds. The zero-order chi connectivity index (χ0) is 20.0. The molecule has 1 heterocycles. The second-order valence-electron chi connectivity index (χ2n) is 8.12. The molecule has 2 aliphatic carbocycles. The third kappa shape index (κ3) is 3.16. The van der Waals surface area contributed by atoms with Gasteiger partial charge in [-0.2, -0.15) is 0 Å². The summed E-state index contributed by atoms with van der Waals surface area (Å²) >= 11 is 1.54. The van der Waals surface area contributed by atoms with E-state index in [2.05, 4.69) is 6.58 Å². The Labute approximate surface area is 169 Å². The lowest BCUT2D eigenvalue weighted by Crippen LogP contribution is -2.38. The monoisotopic (exact) mass is 402 g/mol. The Hall–Kier alpha value is -1.79. The standard InChI is InChI=1S/C22H26O5S/c1-11-8-16(24)20-14(10-28-18-7-5-4-6-17(18)26-3)22(25)27-21(20)19-12(2)15(23)9-13(11)19/h4-7,12-14,16,19-21,24H,1,8-10H2,2-3H3/t12-,13+,14+,16+,19+,20-,21-/m1/s1. The van der Waals surface area contributed by atoms with Crippen LogP contribution in [0, 0.1) is 29.6 Å². The van der Waals surface area contributed by atoms with E-state index in [0.717, 1.165) is 16.2 Å². The molecule has 1 aliphatic heterocycles. The van der Waals surface area contributed by atoms with Crippen LogP contribution in [0.15, 0.2) is 41.3 Å². The molecule has 0 unspecified atom stereocenters. The lowest BCUT2D eigenvalue weighted by atomic mass is 9.77. The predicted molar refractivity (Wildman–Crippen MR) is 106 cm³/mol. The molecule has 3 fully saturated rings. The Morgan fingerprint density at radius 1 is 1.25 bits per heavy atom. The van der Waals surface area contributed by atoms with Crippen LogP contribution in [0.1, 0.15) is 19.8 Å². The molecule has 1 aromatic carbocycles. The van der Waals surface area contributed by atoms with Crippen molar-refractivity contribution in [1.29, 1.82) is 0 Å². The van der Waals surface area contributed by atoms with Crippen molar-refractivity contribution in [2.75, 3.05) is 12.9 Å². The molecular formula is C22H26O5S. The highest BCUT2D eigenvalue weighted by Gasteiger charge is 2.58. The number of aliphatic hydroxyl groups is 1. The van der Waals surface area contributed by atoms with Crippen molar-refractivity contribution in [2.45, 2.75) is 36.9 Å². The molecule has 150 valence electrons. The third-order valence-corrected chi connectivity index (χ3v) is 7.85. The number of Topliss-reactive ketones (excluding diaryl/α,β-unsaturated/α-hetero) is 1. The van der Waals surface area contributed by atoms with Crippen LogP contribution >= 0.6 is 11.8 Å². The fraction of sp³-hybridized carbons (Fsp3) is 0.545. The zero-order valence-corrected chi connectivity index (χ0v) is 17.0. The second-order valence-corrected chi connectivity index (χ2v) is 9.18. The third-order valence-electron chi connectivity index (χ3n) is 6.68. The number of benzene rings is 1. The summed E-state index contributed by atoms with van der Waals surface area (Å²) in [5.41, 5.74) is 0.914. The minimum Gasteiger partial charge on any atom is -0.496 e. The summed E-state index contributed by atoms with van der Waals surface area (Å²) in [6.07, 6.45) is -0.232. The molecule has 1 N–H and O–H groups in total. The predicted octanol–water partition coefficient (Wildman–Crippen LogP) is 3.11. The maximum atomic E-state index is 12.7. The number of para-hydroxylation sites is 1. The summed E-state index contributed by atoms with van der Waals surface area (Å²) in [6.45, 7) is 6.07. The molecule has 7 atom stereocenters. The van der Waals surface area contributed by atoms with Gasteiger partial charge in [-0.05, 0) is 24.5 Å². The molecule has 0 radical (unpaired) electrons. The first-order valence-electron chi connectivity index (χ1n) is 9.77. The van der Waals surface area contributed by atoms with Crippen molar-refractivity contribution < 1.29 is 24.2 Å². The summed E-state index contributed by atoms with van der Waals surface area (Å²) in [7, 11) is 1.62. The molecule has 6 heteroatoms. The van der Waals surface area contributed by atoms with Gasteiger partial charge in [0.15, 0.2) is 0 Å². The van der Waals surface area contributed by atoms with Gasteiger partial charge in [0, 0.05) is 34.8 Å². The van der Waals surface area contributed by atoms with E-state index in [0.29, 0.717) is 18.6 Å². The molecule has 0 spiro atoms. The number of carbonyl (C=O) groups excluding carboxylic acids is 2. The highest BCUT2D eigenvalue weighted by atomic mass is 32.2. The topological polar surface area (TPSA) is 72.8 Å². The lowest BCUT2D eigenvalue weighted by molar-refractivity contribution is -0.146. The Balaban J connectivity index is 1.59. The minimum absolute atomic E-state index is 0.000528. The number of aliphatic hydroxyl groups excluding tert-OH is 1. The van der Waals surface area contributed by atoms with Crippen LogP contribution in [0.5, 0.6) is 5.75 Å². The fourth-order valence-corrected chi connectivity index (χ4v) is 6.38. The molecule has 2 saturated carbocycles. The molecular weight excluding hydrogens is 376 g/mol. The van der Waals surface area contributed by atoms with Gasteiger partial charge in [0.1, 0.15) is 17.6 Å². The summed E-state index contributed by atoms with van der Waals surface area (Å²) in [6, 6.07) is 7.68. The van der Waals surface area contributed by atoms with E-state index >= 15 is 0 Å². The van der Waals surface area contributed by atoms with E-state index in [-0.39, 0.29) is 35.4 Å². The van der Waals surface area contributed by atoms with Crippen molar-refractivity contribution in [3.8, 4) is 5.75 Å². The molecule has 28 heavy (non-hydrogen) atoms. The number of thioether (sulfide) groups is 1. The molecule has 0 bridgehead atoms. The summed E-state index contributed by atoms with van der Waals surface area (Å²) in [5, 5.41) is 10.9. The Morgan fingerprint density at radius 3 is 2.75 bits per heavy atom. The van der Waals surface area contributed by atoms with Gasteiger partial charge in [0.2, 0.25) is 0 Å². The fourth-order valence-electron chi connectivity index (χ4n) is 5.19. The molecule has 4 rings (SSSR count). The second kappa shape index (κ2) is 7.56. The number of carbonyl (C=O) groups is 2. The number of rotatable bonds is 4. The normalized spacial score (nSPS) is 37.2. The average Bonchev–Trinajstić information content (AvgIpc) is 3.13. The van der Waals surface area contributed by atoms with Crippen LogP contribution in [0.4, 0.5) is 0 Å². The van der Waals surface area contributed by atoms with Crippen LogP contribution in [-0.2, 0) is 14.3 Å². The molecule has 1 saturated heterocycles. The van der Waals surface area contributed by atoms with Crippen LogP contribution in [-0.4, -0.2) is 41.9 Å². The van der Waals surface area contributed by atoms with Gasteiger partial charge < -0.3 is 14.6 Å². The number of ketones is 1. The van der Waals surface area contributed by atoms with Gasteiger partial charge in [-0.3, -0.25) is 9.59 Å². The highest BCUT2D eigenvalue weighted by Crippen LogP contribution is 2.52. The van der Waals surface area contributed by atoms with E-state index in [4.69, 9.17) is 9.47 Å². The Morgan fingerprint density at radius 2 is 2.00 bits per heavy atom. The number of methoxy groups -OCH3 is 1. The maximum absolute atomic E-state index is 12.7. The molecule has 3 aliphatic rings. The van der Waals surface area contributed by atoms with Crippen LogP contribution in [0.3, 0.4) is 0 Å². The lowest BCUT2D eigenvalue weighted by Gasteiger charge is -2.29. The first-order chi connectivity index (χ1) is 13.4. The minimum atomic E-state index is -0.680. The first-order valence-corrected chi connectivity index (χ1v) is 10.8. The first kappa shape index (κ1) is 19.5. The Kier molecular flexibility index (Phi) is 5.27. The average molecular weight is 403 g/mol.